The number of piperidine rings is 2. The van der Waals surface area contributed by atoms with E-state index in [1.165, 1.54) is 4.90 Å². The van der Waals surface area contributed by atoms with Crippen LogP contribution in [0.25, 0.3) is 0 Å². The molecule has 2 aromatic carbocycles. The summed E-state index contributed by atoms with van der Waals surface area (Å²) >= 11 is 0. The van der Waals surface area contributed by atoms with Crippen molar-refractivity contribution in [2.24, 2.45) is 0 Å². The number of hydrogen-bond donors (Lipinski definition) is 1. The van der Waals surface area contributed by atoms with Gasteiger partial charge in [-0.1, -0.05) is 12.1 Å². The molecule has 4 amide bonds. The number of hydrogen-bond acceptors (Lipinski definition) is 9. The molecule has 6 rings (SSSR count). The number of ether oxygens (including phenoxy) is 3. The molecule has 4 aliphatic heterocycles. The topological polar surface area (TPSA) is 142 Å². The minimum absolute atomic E-state index is 0.0856. The number of imide groups is 1. The van der Waals surface area contributed by atoms with Crippen molar-refractivity contribution < 1.29 is 33.4 Å². The van der Waals surface area contributed by atoms with Gasteiger partial charge in [0, 0.05) is 37.2 Å². The maximum absolute atomic E-state index is 13.7. The van der Waals surface area contributed by atoms with Gasteiger partial charge in [0.2, 0.25) is 17.7 Å². The first-order valence-electron chi connectivity index (χ1n) is 15.8. The van der Waals surface area contributed by atoms with E-state index in [0.29, 0.717) is 68.3 Å². The van der Waals surface area contributed by atoms with Crippen LogP contribution in [0, 0.1) is 11.3 Å². The van der Waals surface area contributed by atoms with Crippen molar-refractivity contribution in [3.8, 4) is 23.3 Å². The van der Waals surface area contributed by atoms with Gasteiger partial charge >= 0.3 is 0 Å². The molecule has 46 heavy (non-hydrogen) atoms. The normalized spacial score (nSPS) is 22.7. The SMILES string of the molecule is COc1ccc(C2(C#N)CCN(C(=O)C3CCCN3CCOc3cccc4c3CN(C3CCC(=O)NC3=O)C4=O)CC2)cc1OC. The van der Waals surface area contributed by atoms with Gasteiger partial charge in [-0.15, -0.1) is 0 Å². The van der Waals surface area contributed by atoms with E-state index in [9.17, 15) is 24.4 Å². The second kappa shape index (κ2) is 13.0. The molecule has 0 bridgehead atoms. The first-order chi connectivity index (χ1) is 22.3. The van der Waals surface area contributed by atoms with Crippen LogP contribution >= 0.6 is 0 Å². The van der Waals surface area contributed by atoms with Crippen LogP contribution in [-0.4, -0.2) is 97.4 Å². The highest BCUT2D eigenvalue weighted by Crippen LogP contribution is 2.40. The monoisotopic (exact) mass is 629 g/mol. The third-order valence-corrected chi connectivity index (χ3v) is 9.90. The van der Waals surface area contributed by atoms with E-state index in [1.807, 2.05) is 29.2 Å². The molecule has 4 aliphatic rings. The van der Waals surface area contributed by atoms with Crippen molar-refractivity contribution >= 4 is 23.6 Å². The molecule has 0 aliphatic carbocycles. The lowest BCUT2D eigenvalue weighted by atomic mass is 9.74. The third kappa shape index (κ3) is 5.75. The molecule has 2 aromatic rings. The van der Waals surface area contributed by atoms with E-state index in [4.69, 9.17) is 14.2 Å². The quantitative estimate of drug-likeness (QED) is 0.414. The van der Waals surface area contributed by atoms with Crippen LogP contribution < -0.4 is 19.5 Å². The Balaban J connectivity index is 1.05. The van der Waals surface area contributed by atoms with Crippen molar-refractivity contribution in [3.63, 3.8) is 0 Å². The minimum atomic E-state index is -0.704. The fourth-order valence-electron chi connectivity index (χ4n) is 7.26. The van der Waals surface area contributed by atoms with Gasteiger partial charge in [-0.25, -0.2) is 0 Å². The molecule has 242 valence electrons. The number of likely N-dealkylation sites (tertiary alicyclic amines) is 2. The lowest BCUT2D eigenvalue weighted by molar-refractivity contribution is -0.138. The Labute approximate surface area is 268 Å². The first-order valence-corrected chi connectivity index (χ1v) is 15.8. The lowest BCUT2D eigenvalue weighted by Gasteiger charge is -2.39. The standard InChI is InChI=1S/C34H39N5O7/c1-44-28-10-8-22(19-29(28)45-2)34(21-35)12-15-38(16-13-34)33(43)26-6-4-14-37(26)17-18-46-27-7-3-5-23-24(27)20-39(32(23)42)25-9-11-30(40)36-31(25)41/h3,5,7-8,10,19,25-26H,4,6,9,11-18,20H2,1-2H3,(H,36,40,41). The Morgan fingerprint density at radius 2 is 1.80 bits per heavy atom. The van der Waals surface area contributed by atoms with E-state index < -0.39 is 17.4 Å². The Morgan fingerprint density at radius 3 is 2.52 bits per heavy atom. The number of amides is 4. The molecule has 0 aromatic heterocycles. The molecule has 12 heteroatoms. The third-order valence-electron chi connectivity index (χ3n) is 9.90. The summed E-state index contributed by atoms with van der Waals surface area (Å²) in [7, 11) is 3.15. The summed E-state index contributed by atoms with van der Waals surface area (Å²) in [6, 6.07) is 12.5. The van der Waals surface area contributed by atoms with Gasteiger partial charge in [-0.3, -0.25) is 29.4 Å². The average Bonchev–Trinajstić information content (AvgIpc) is 3.69. The molecular formula is C34H39N5O7. The largest absolute Gasteiger partial charge is 0.493 e. The summed E-state index contributed by atoms with van der Waals surface area (Å²) in [6.07, 6.45) is 3.25. The fraction of sp³-hybridized carbons (Fsp3) is 0.500. The van der Waals surface area contributed by atoms with Crippen molar-refractivity contribution in [1.82, 2.24) is 20.0 Å². The molecule has 12 nitrogen and oxygen atoms in total. The summed E-state index contributed by atoms with van der Waals surface area (Å²) in [4.78, 5) is 56.5. The van der Waals surface area contributed by atoms with Gasteiger partial charge in [0.25, 0.3) is 5.91 Å². The van der Waals surface area contributed by atoms with Crippen LogP contribution in [-0.2, 0) is 26.3 Å². The number of nitrogens with one attached hydrogen (secondary N) is 1. The van der Waals surface area contributed by atoms with Crippen molar-refractivity contribution in [1.29, 1.82) is 5.26 Å². The molecule has 3 saturated heterocycles. The highest BCUT2D eigenvalue weighted by atomic mass is 16.5. The number of rotatable bonds is 9. The molecule has 4 heterocycles. The van der Waals surface area contributed by atoms with Crippen molar-refractivity contribution in [2.45, 2.75) is 62.6 Å². The van der Waals surface area contributed by atoms with Gasteiger partial charge in [-0.05, 0) is 68.5 Å². The van der Waals surface area contributed by atoms with Gasteiger partial charge in [-0.2, -0.15) is 5.26 Å². The van der Waals surface area contributed by atoms with Crippen LogP contribution in [0.5, 0.6) is 17.2 Å². The van der Waals surface area contributed by atoms with Crippen LogP contribution in [0.3, 0.4) is 0 Å². The summed E-state index contributed by atoms with van der Waals surface area (Å²) in [5.74, 6) is 0.848. The molecule has 0 saturated carbocycles. The van der Waals surface area contributed by atoms with Gasteiger partial charge in [0.05, 0.1) is 38.3 Å². The Hall–Kier alpha value is -4.63. The number of fused-ring (bicyclic) bond motifs is 1. The smallest absolute Gasteiger partial charge is 0.255 e. The van der Waals surface area contributed by atoms with Crippen LogP contribution in [0.1, 0.15) is 60.0 Å². The Kier molecular flexibility index (Phi) is 8.86. The van der Waals surface area contributed by atoms with Crippen LogP contribution in [0.4, 0.5) is 0 Å². The highest BCUT2D eigenvalue weighted by Gasteiger charge is 2.42. The van der Waals surface area contributed by atoms with E-state index in [0.717, 1.165) is 30.5 Å². The number of benzene rings is 2. The molecular weight excluding hydrogens is 590 g/mol. The molecule has 0 spiro atoms. The summed E-state index contributed by atoms with van der Waals surface area (Å²) in [6.45, 7) is 2.90. The summed E-state index contributed by atoms with van der Waals surface area (Å²) < 4.78 is 17.0. The molecule has 1 N–H and O–H groups in total. The van der Waals surface area contributed by atoms with Crippen LogP contribution in [0.15, 0.2) is 36.4 Å². The van der Waals surface area contributed by atoms with Gasteiger partial charge in [0.1, 0.15) is 18.4 Å². The number of nitriles is 1. The number of methoxy groups -OCH3 is 2. The second-order valence-corrected chi connectivity index (χ2v) is 12.3. The summed E-state index contributed by atoms with van der Waals surface area (Å²) in [5, 5.41) is 12.6. The molecule has 3 fully saturated rings. The van der Waals surface area contributed by atoms with Gasteiger partial charge < -0.3 is 24.0 Å². The zero-order chi connectivity index (χ0) is 32.4. The average molecular weight is 630 g/mol. The second-order valence-electron chi connectivity index (χ2n) is 12.3. The zero-order valence-corrected chi connectivity index (χ0v) is 26.3. The lowest BCUT2D eigenvalue weighted by Crippen LogP contribution is -2.52. The Bertz CT molecular complexity index is 1580. The Morgan fingerprint density at radius 1 is 1.02 bits per heavy atom. The zero-order valence-electron chi connectivity index (χ0n) is 26.3. The fourth-order valence-corrected chi connectivity index (χ4v) is 7.26. The van der Waals surface area contributed by atoms with Crippen LogP contribution in [0.2, 0.25) is 0 Å². The van der Waals surface area contributed by atoms with Gasteiger partial charge in [0.15, 0.2) is 11.5 Å². The minimum Gasteiger partial charge on any atom is -0.493 e. The number of carbonyl (C=O) groups is 4. The van der Waals surface area contributed by atoms with Crippen molar-refractivity contribution in [3.05, 3.63) is 53.1 Å². The maximum Gasteiger partial charge on any atom is 0.255 e. The number of carbonyl (C=O) groups excluding carboxylic acids is 4. The predicted molar refractivity (Wildman–Crippen MR) is 165 cm³/mol. The first kappa shape index (κ1) is 31.4. The molecule has 0 radical (unpaired) electrons. The predicted octanol–water partition coefficient (Wildman–Crippen LogP) is 2.39. The highest BCUT2D eigenvalue weighted by molar-refractivity contribution is 6.05. The number of nitrogens with zero attached hydrogens (tertiary/aromatic N) is 4. The van der Waals surface area contributed by atoms with E-state index in [2.05, 4.69) is 16.3 Å². The van der Waals surface area contributed by atoms with E-state index in [1.54, 1.807) is 26.4 Å². The summed E-state index contributed by atoms with van der Waals surface area (Å²) in [5.41, 5.74) is 1.40. The maximum atomic E-state index is 13.7. The molecule has 2 atom stereocenters. The van der Waals surface area contributed by atoms with E-state index >= 15 is 0 Å². The molecule has 2 unspecified atom stereocenters. The van der Waals surface area contributed by atoms with E-state index in [-0.39, 0.29) is 36.7 Å². The van der Waals surface area contributed by atoms with Crippen molar-refractivity contribution in [2.75, 3.05) is 47.0 Å².